The maximum Gasteiger partial charge on any atom is 0.217 e. The molecule has 0 aromatic heterocycles. The van der Waals surface area contributed by atoms with Gasteiger partial charge in [0.05, 0.1) is 13.2 Å². The Morgan fingerprint density at radius 1 is 1.10 bits per heavy atom. The summed E-state index contributed by atoms with van der Waals surface area (Å²) in [5, 5.41) is 13.7. The zero-order valence-corrected chi connectivity index (χ0v) is 16.1. The summed E-state index contributed by atoms with van der Waals surface area (Å²) in [6, 6.07) is 18.4. The number of aliphatic hydroxyl groups is 1. The molecule has 1 amide bonds. The summed E-state index contributed by atoms with van der Waals surface area (Å²) in [5.74, 6) is -0.281. The number of rotatable bonds is 5. The van der Waals surface area contributed by atoms with Crippen LogP contribution >= 0.6 is 0 Å². The lowest BCUT2D eigenvalue weighted by Gasteiger charge is -2.47. The largest absolute Gasteiger partial charge is 0.388 e. The van der Waals surface area contributed by atoms with E-state index in [1.54, 1.807) is 0 Å². The van der Waals surface area contributed by atoms with Gasteiger partial charge in [-0.25, -0.2) is 0 Å². The van der Waals surface area contributed by atoms with Crippen LogP contribution in [0, 0.1) is 0 Å². The van der Waals surface area contributed by atoms with Crippen LogP contribution in [0.2, 0.25) is 0 Å². The molecule has 2 aliphatic heterocycles. The molecule has 4 rings (SSSR count). The van der Waals surface area contributed by atoms with Crippen molar-refractivity contribution < 1.29 is 28.8 Å². The predicted octanol–water partition coefficient (Wildman–Crippen LogP) is 1.91. The Labute approximate surface area is 169 Å². The first kappa shape index (κ1) is 20.0. The zero-order chi connectivity index (χ0) is 20.2. The van der Waals surface area contributed by atoms with E-state index in [4.69, 9.17) is 18.9 Å². The molecule has 0 spiro atoms. The molecular weight excluding hydrogens is 374 g/mol. The van der Waals surface area contributed by atoms with E-state index in [9.17, 15) is 9.90 Å². The van der Waals surface area contributed by atoms with E-state index in [0.717, 1.165) is 11.1 Å². The standard InChI is InChI=1S/C22H25NO6/c1-14(24)23-18-19(25)20-17(13-27-21(29-20)16-10-6-3-7-11-16)28-22(18)26-12-15-8-4-2-5-9-15/h2-11,17-22,25H,12-13H2,1H3,(H,23,24)/t17?,18?,19?,20-,21?,22-/m1/s1. The van der Waals surface area contributed by atoms with E-state index in [-0.39, 0.29) is 12.5 Å². The molecule has 154 valence electrons. The lowest BCUT2D eigenvalue weighted by Crippen LogP contribution is -2.66. The van der Waals surface area contributed by atoms with Crippen molar-refractivity contribution in [3.63, 3.8) is 0 Å². The van der Waals surface area contributed by atoms with Gasteiger partial charge in [-0.2, -0.15) is 0 Å². The van der Waals surface area contributed by atoms with Crippen molar-refractivity contribution in [1.82, 2.24) is 5.32 Å². The normalized spacial score (nSPS) is 31.7. The lowest BCUT2D eigenvalue weighted by atomic mass is 9.95. The molecule has 29 heavy (non-hydrogen) atoms. The fraction of sp³-hybridized carbons (Fsp3) is 0.409. The first-order valence-electron chi connectivity index (χ1n) is 9.70. The van der Waals surface area contributed by atoms with Crippen LogP contribution in [-0.4, -0.2) is 48.3 Å². The van der Waals surface area contributed by atoms with Gasteiger partial charge in [-0.1, -0.05) is 60.7 Å². The van der Waals surface area contributed by atoms with Gasteiger partial charge in [-0.15, -0.1) is 0 Å². The first-order chi connectivity index (χ1) is 14.1. The Kier molecular flexibility index (Phi) is 6.22. The Hall–Kier alpha value is -2.29. The molecule has 0 bridgehead atoms. The second-order valence-corrected chi connectivity index (χ2v) is 7.23. The molecule has 0 saturated carbocycles. The van der Waals surface area contributed by atoms with E-state index in [1.807, 2.05) is 60.7 Å². The van der Waals surface area contributed by atoms with E-state index < -0.39 is 36.9 Å². The molecule has 2 aliphatic rings. The van der Waals surface area contributed by atoms with Crippen molar-refractivity contribution in [2.45, 2.75) is 50.5 Å². The van der Waals surface area contributed by atoms with Gasteiger partial charge in [0.25, 0.3) is 0 Å². The van der Waals surface area contributed by atoms with Gasteiger partial charge in [0, 0.05) is 12.5 Å². The molecule has 2 aromatic carbocycles. The molecule has 4 unspecified atom stereocenters. The third-order valence-corrected chi connectivity index (χ3v) is 5.06. The summed E-state index contributed by atoms with van der Waals surface area (Å²) in [7, 11) is 0. The molecule has 2 heterocycles. The maximum absolute atomic E-state index is 11.7. The van der Waals surface area contributed by atoms with Crippen molar-refractivity contribution in [1.29, 1.82) is 0 Å². The summed E-state index contributed by atoms with van der Waals surface area (Å²) in [4.78, 5) is 11.7. The second kappa shape index (κ2) is 9.02. The highest BCUT2D eigenvalue weighted by Gasteiger charge is 2.50. The lowest BCUT2D eigenvalue weighted by molar-refractivity contribution is -0.345. The molecular formula is C22H25NO6. The Morgan fingerprint density at radius 3 is 2.48 bits per heavy atom. The van der Waals surface area contributed by atoms with Crippen LogP contribution in [-0.2, 0) is 30.3 Å². The smallest absolute Gasteiger partial charge is 0.217 e. The average molecular weight is 399 g/mol. The minimum atomic E-state index is -1.01. The Bertz CT molecular complexity index is 801. The molecule has 2 saturated heterocycles. The number of fused-ring (bicyclic) bond motifs is 1. The summed E-state index contributed by atoms with van der Waals surface area (Å²) in [5.41, 5.74) is 1.83. The van der Waals surface area contributed by atoms with E-state index in [1.165, 1.54) is 6.92 Å². The quantitative estimate of drug-likeness (QED) is 0.799. The monoisotopic (exact) mass is 399 g/mol. The summed E-state index contributed by atoms with van der Waals surface area (Å²) in [6.07, 6.45) is -3.59. The van der Waals surface area contributed by atoms with Crippen LogP contribution in [0.15, 0.2) is 60.7 Å². The highest BCUT2D eigenvalue weighted by atomic mass is 16.7. The van der Waals surface area contributed by atoms with Gasteiger partial charge in [-0.3, -0.25) is 4.79 Å². The van der Waals surface area contributed by atoms with Gasteiger partial charge in [-0.05, 0) is 5.56 Å². The summed E-state index contributed by atoms with van der Waals surface area (Å²) in [6.45, 7) is 1.93. The van der Waals surface area contributed by atoms with Crippen LogP contribution in [0.25, 0.3) is 0 Å². The highest BCUT2D eigenvalue weighted by Crippen LogP contribution is 2.34. The van der Waals surface area contributed by atoms with E-state index in [2.05, 4.69) is 5.32 Å². The molecule has 7 heteroatoms. The molecule has 2 fully saturated rings. The number of carbonyl (C=O) groups excluding carboxylic acids is 1. The van der Waals surface area contributed by atoms with Crippen molar-refractivity contribution >= 4 is 5.91 Å². The number of benzene rings is 2. The van der Waals surface area contributed by atoms with Crippen LogP contribution in [0.4, 0.5) is 0 Å². The number of aliphatic hydroxyl groups excluding tert-OH is 1. The second-order valence-electron chi connectivity index (χ2n) is 7.23. The highest BCUT2D eigenvalue weighted by molar-refractivity contribution is 5.73. The summed E-state index contributed by atoms with van der Waals surface area (Å²) < 4.78 is 23.8. The number of ether oxygens (including phenoxy) is 4. The number of hydrogen-bond acceptors (Lipinski definition) is 6. The SMILES string of the molecule is CC(=O)NC1C(O)[C@@H]2OC(c3ccccc3)OCC2O[C@H]1OCc1ccccc1. The third-order valence-electron chi connectivity index (χ3n) is 5.06. The maximum atomic E-state index is 11.7. The minimum Gasteiger partial charge on any atom is -0.388 e. The van der Waals surface area contributed by atoms with Crippen LogP contribution < -0.4 is 5.32 Å². The number of amides is 1. The van der Waals surface area contributed by atoms with Crippen molar-refractivity contribution in [2.24, 2.45) is 0 Å². The Balaban J connectivity index is 1.48. The van der Waals surface area contributed by atoms with Crippen LogP contribution in [0.1, 0.15) is 24.3 Å². The average Bonchev–Trinajstić information content (AvgIpc) is 2.75. The fourth-order valence-electron chi connectivity index (χ4n) is 3.65. The van der Waals surface area contributed by atoms with Gasteiger partial charge < -0.3 is 29.4 Å². The molecule has 7 nitrogen and oxygen atoms in total. The molecule has 2 N–H and O–H groups in total. The molecule has 0 aliphatic carbocycles. The van der Waals surface area contributed by atoms with Crippen LogP contribution in [0.5, 0.6) is 0 Å². The fourth-order valence-corrected chi connectivity index (χ4v) is 3.65. The van der Waals surface area contributed by atoms with Crippen molar-refractivity contribution in [2.75, 3.05) is 6.61 Å². The number of nitrogens with one attached hydrogen (secondary N) is 1. The molecule has 6 atom stereocenters. The number of hydrogen-bond donors (Lipinski definition) is 2. The summed E-state index contributed by atoms with van der Waals surface area (Å²) >= 11 is 0. The Morgan fingerprint density at radius 2 is 1.79 bits per heavy atom. The van der Waals surface area contributed by atoms with E-state index in [0.29, 0.717) is 6.61 Å². The third kappa shape index (κ3) is 4.66. The number of carbonyl (C=O) groups is 1. The zero-order valence-electron chi connectivity index (χ0n) is 16.1. The molecule has 0 radical (unpaired) electrons. The predicted molar refractivity (Wildman–Crippen MR) is 104 cm³/mol. The van der Waals surface area contributed by atoms with Crippen LogP contribution in [0.3, 0.4) is 0 Å². The van der Waals surface area contributed by atoms with E-state index >= 15 is 0 Å². The topological polar surface area (TPSA) is 86.3 Å². The first-order valence-corrected chi connectivity index (χ1v) is 9.70. The van der Waals surface area contributed by atoms with Gasteiger partial charge in [0.1, 0.15) is 24.4 Å². The van der Waals surface area contributed by atoms with Gasteiger partial charge in [0.15, 0.2) is 12.6 Å². The van der Waals surface area contributed by atoms with Gasteiger partial charge in [0.2, 0.25) is 5.91 Å². The van der Waals surface area contributed by atoms with Crippen molar-refractivity contribution in [3.05, 3.63) is 71.8 Å². The van der Waals surface area contributed by atoms with Gasteiger partial charge >= 0.3 is 0 Å². The minimum absolute atomic E-state index is 0.249. The van der Waals surface area contributed by atoms with Crippen molar-refractivity contribution in [3.8, 4) is 0 Å². The molecule has 2 aromatic rings.